The van der Waals surface area contributed by atoms with Gasteiger partial charge in [0.1, 0.15) is 11.4 Å². The summed E-state index contributed by atoms with van der Waals surface area (Å²) in [6.07, 6.45) is 0. The standard InChI is InChI=1S/C26H16N6O2/c33-26(34)22-23(18-14-8-3-9-15-18)32-25(30-28-22)20-19(16-10-4-1-5-11-16)21(27-29-24(20)31-32)17-12-6-2-7-13-17/h1-15H,(H,33,34). The summed E-state index contributed by atoms with van der Waals surface area (Å²) in [5.74, 6) is -1.19. The molecule has 0 fully saturated rings. The Kier molecular flexibility index (Phi) is 4.55. The molecule has 0 bridgehead atoms. The molecule has 6 rings (SSSR count). The highest BCUT2D eigenvalue weighted by molar-refractivity contribution is 6.07. The first-order chi connectivity index (χ1) is 16.7. The van der Waals surface area contributed by atoms with Gasteiger partial charge in [0.2, 0.25) is 5.65 Å². The number of benzene rings is 3. The van der Waals surface area contributed by atoms with E-state index in [2.05, 4.69) is 25.5 Å². The van der Waals surface area contributed by atoms with E-state index in [1.165, 1.54) is 4.52 Å². The topological polar surface area (TPSA) is 106 Å². The summed E-state index contributed by atoms with van der Waals surface area (Å²) in [6, 6.07) is 28.7. The van der Waals surface area contributed by atoms with Crippen LogP contribution < -0.4 is 0 Å². The van der Waals surface area contributed by atoms with Crippen LogP contribution in [0.1, 0.15) is 10.5 Å². The molecule has 8 heteroatoms. The van der Waals surface area contributed by atoms with Crippen LogP contribution in [-0.2, 0) is 0 Å². The summed E-state index contributed by atoms with van der Waals surface area (Å²) in [7, 11) is 0. The van der Waals surface area contributed by atoms with Gasteiger partial charge in [-0.3, -0.25) is 0 Å². The van der Waals surface area contributed by atoms with E-state index in [1.807, 2.05) is 91.0 Å². The molecule has 3 heterocycles. The van der Waals surface area contributed by atoms with Crippen LogP contribution in [0.25, 0.3) is 50.3 Å². The van der Waals surface area contributed by atoms with Crippen molar-refractivity contribution in [2.75, 3.05) is 0 Å². The van der Waals surface area contributed by atoms with Crippen molar-refractivity contribution in [2.45, 2.75) is 0 Å². The lowest BCUT2D eigenvalue weighted by molar-refractivity contribution is 0.0689. The molecule has 0 aliphatic rings. The van der Waals surface area contributed by atoms with Crippen LogP contribution in [0.15, 0.2) is 91.0 Å². The fourth-order valence-electron chi connectivity index (χ4n) is 4.13. The van der Waals surface area contributed by atoms with Crippen LogP contribution in [0.4, 0.5) is 0 Å². The van der Waals surface area contributed by atoms with Crippen LogP contribution in [0.3, 0.4) is 0 Å². The third-order valence-corrected chi connectivity index (χ3v) is 5.61. The van der Waals surface area contributed by atoms with E-state index in [4.69, 9.17) is 0 Å². The average Bonchev–Trinajstić information content (AvgIpc) is 3.28. The maximum absolute atomic E-state index is 12.0. The lowest BCUT2D eigenvalue weighted by atomic mass is 9.97. The van der Waals surface area contributed by atoms with Crippen LogP contribution in [0.5, 0.6) is 0 Å². The molecule has 0 atom stereocenters. The molecular weight excluding hydrogens is 428 g/mol. The van der Waals surface area contributed by atoms with Gasteiger partial charge in [-0.05, 0) is 5.56 Å². The van der Waals surface area contributed by atoms with E-state index in [-0.39, 0.29) is 5.69 Å². The summed E-state index contributed by atoms with van der Waals surface area (Å²) in [5.41, 5.74) is 4.86. The van der Waals surface area contributed by atoms with Gasteiger partial charge in [-0.2, -0.15) is 0 Å². The Balaban J connectivity index is 1.78. The zero-order valence-electron chi connectivity index (χ0n) is 17.7. The van der Waals surface area contributed by atoms with E-state index < -0.39 is 5.97 Å². The summed E-state index contributed by atoms with van der Waals surface area (Å²) in [5, 5.41) is 32.4. The maximum atomic E-state index is 12.0. The second-order valence-corrected chi connectivity index (χ2v) is 7.66. The molecule has 0 radical (unpaired) electrons. The van der Waals surface area contributed by atoms with Gasteiger partial charge in [0.15, 0.2) is 11.3 Å². The fourth-order valence-corrected chi connectivity index (χ4v) is 4.13. The van der Waals surface area contributed by atoms with Crippen molar-refractivity contribution in [2.24, 2.45) is 0 Å². The minimum atomic E-state index is -1.19. The van der Waals surface area contributed by atoms with Gasteiger partial charge in [0.25, 0.3) is 0 Å². The predicted octanol–water partition coefficient (Wildman–Crippen LogP) is 4.77. The number of aromatic carboxylic acids is 1. The number of hydrogen-bond donors (Lipinski definition) is 1. The van der Waals surface area contributed by atoms with Crippen molar-refractivity contribution < 1.29 is 9.90 Å². The Labute approximate surface area is 193 Å². The number of carboxylic acid groups (broad SMARTS) is 1. The molecule has 0 unspecified atom stereocenters. The lowest BCUT2D eigenvalue weighted by Gasteiger charge is -2.10. The SMILES string of the molecule is O=C(O)c1nnc2c3c(-c4ccccc4)c(-c4ccccc4)nnc3nn2c1-c1ccccc1. The van der Waals surface area contributed by atoms with Crippen molar-refractivity contribution in [3.63, 3.8) is 0 Å². The highest BCUT2D eigenvalue weighted by atomic mass is 16.4. The highest BCUT2D eigenvalue weighted by Crippen LogP contribution is 2.38. The zero-order valence-corrected chi connectivity index (χ0v) is 17.7. The van der Waals surface area contributed by atoms with Crippen molar-refractivity contribution in [3.8, 4) is 33.6 Å². The average molecular weight is 444 g/mol. The number of fused-ring (bicyclic) bond motifs is 3. The Hall–Kier alpha value is -4.98. The van der Waals surface area contributed by atoms with Gasteiger partial charge in [-0.25, -0.2) is 9.31 Å². The highest BCUT2D eigenvalue weighted by Gasteiger charge is 2.25. The third-order valence-electron chi connectivity index (χ3n) is 5.61. The number of carbonyl (C=O) groups is 1. The van der Waals surface area contributed by atoms with Gasteiger partial charge in [0, 0.05) is 16.7 Å². The first-order valence-electron chi connectivity index (χ1n) is 10.6. The van der Waals surface area contributed by atoms with E-state index in [0.29, 0.717) is 33.6 Å². The van der Waals surface area contributed by atoms with Gasteiger partial charge >= 0.3 is 5.97 Å². The normalized spacial score (nSPS) is 11.2. The van der Waals surface area contributed by atoms with E-state index in [1.54, 1.807) is 0 Å². The molecule has 0 amide bonds. The second-order valence-electron chi connectivity index (χ2n) is 7.66. The Morgan fingerprint density at radius 2 is 1.26 bits per heavy atom. The number of carboxylic acids is 1. The summed E-state index contributed by atoms with van der Waals surface area (Å²) in [4.78, 5) is 12.0. The molecule has 0 saturated carbocycles. The summed E-state index contributed by atoms with van der Waals surface area (Å²) < 4.78 is 1.51. The van der Waals surface area contributed by atoms with Crippen LogP contribution in [-0.4, -0.2) is 41.1 Å². The lowest BCUT2D eigenvalue weighted by Crippen LogP contribution is -2.10. The smallest absolute Gasteiger partial charge is 0.358 e. The van der Waals surface area contributed by atoms with Gasteiger partial charge in [-0.1, -0.05) is 91.0 Å². The number of nitrogens with zero attached hydrogens (tertiary/aromatic N) is 6. The molecular formula is C26H16N6O2. The summed E-state index contributed by atoms with van der Waals surface area (Å²) in [6.45, 7) is 0. The minimum Gasteiger partial charge on any atom is -0.476 e. The van der Waals surface area contributed by atoms with E-state index in [0.717, 1.165) is 16.7 Å². The first kappa shape index (κ1) is 19.7. The Morgan fingerprint density at radius 3 is 1.88 bits per heavy atom. The molecule has 3 aromatic carbocycles. The number of aromatic nitrogens is 6. The molecule has 0 spiro atoms. The molecule has 1 N–H and O–H groups in total. The Bertz CT molecular complexity index is 1670. The van der Waals surface area contributed by atoms with E-state index in [9.17, 15) is 9.90 Å². The molecule has 6 aromatic rings. The molecule has 0 saturated heterocycles. The second kappa shape index (κ2) is 7.86. The van der Waals surface area contributed by atoms with Gasteiger partial charge in [-0.15, -0.1) is 25.5 Å². The molecule has 34 heavy (non-hydrogen) atoms. The van der Waals surface area contributed by atoms with Crippen LogP contribution >= 0.6 is 0 Å². The third kappa shape index (κ3) is 3.08. The van der Waals surface area contributed by atoms with Crippen LogP contribution in [0, 0.1) is 0 Å². The van der Waals surface area contributed by atoms with Gasteiger partial charge < -0.3 is 5.11 Å². The maximum Gasteiger partial charge on any atom is 0.358 e. The molecule has 8 nitrogen and oxygen atoms in total. The molecule has 0 aliphatic carbocycles. The van der Waals surface area contributed by atoms with E-state index >= 15 is 0 Å². The largest absolute Gasteiger partial charge is 0.476 e. The predicted molar refractivity (Wildman–Crippen MR) is 127 cm³/mol. The minimum absolute atomic E-state index is 0.191. The van der Waals surface area contributed by atoms with Crippen molar-refractivity contribution >= 4 is 22.6 Å². The molecule has 162 valence electrons. The monoisotopic (exact) mass is 444 g/mol. The number of hydrogen-bond acceptors (Lipinski definition) is 6. The van der Waals surface area contributed by atoms with Crippen molar-refractivity contribution in [1.29, 1.82) is 0 Å². The zero-order chi connectivity index (χ0) is 23.1. The Morgan fingerprint density at radius 1 is 0.676 bits per heavy atom. The fraction of sp³-hybridized carbons (Fsp3) is 0. The summed E-state index contributed by atoms with van der Waals surface area (Å²) >= 11 is 0. The van der Waals surface area contributed by atoms with Crippen molar-refractivity contribution in [3.05, 3.63) is 96.7 Å². The van der Waals surface area contributed by atoms with Gasteiger partial charge in [0.05, 0.1) is 5.39 Å². The van der Waals surface area contributed by atoms with Crippen LogP contribution in [0.2, 0.25) is 0 Å². The molecule has 0 aliphatic heterocycles. The quantitative estimate of drug-likeness (QED) is 0.417. The van der Waals surface area contributed by atoms with Crippen molar-refractivity contribution in [1.82, 2.24) is 30.0 Å². The number of rotatable bonds is 4. The molecule has 3 aromatic heterocycles. The first-order valence-corrected chi connectivity index (χ1v) is 10.6.